The Bertz CT molecular complexity index is 1140. The number of hydrogen-bond donors (Lipinski definition) is 2. The molecule has 2 aromatic carbocycles. The van der Waals surface area contributed by atoms with Crippen LogP contribution < -0.4 is 10.5 Å². The van der Waals surface area contributed by atoms with Gasteiger partial charge in [0, 0.05) is 6.54 Å². The second-order valence-electron chi connectivity index (χ2n) is 6.23. The number of nitrogens with two attached hydrogens (primary N) is 1. The number of carbonyl (C=O) groups excluding carboxylic acids is 1. The summed E-state index contributed by atoms with van der Waals surface area (Å²) in [6, 6.07) is 9.56. The van der Waals surface area contributed by atoms with Crippen LogP contribution in [0.5, 0.6) is 0 Å². The first kappa shape index (κ1) is 21.0. The molecule has 10 heteroatoms. The Morgan fingerprint density at radius 3 is 2.34 bits per heavy atom. The predicted molar refractivity (Wildman–Crippen MR) is 106 cm³/mol. The molecular formula is C19H17F2N3O3S2. The highest BCUT2D eigenvalue weighted by Crippen LogP contribution is 2.31. The third-order valence-electron chi connectivity index (χ3n) is 4.13. The lowest BCUT2D eigenvalue weighted by Crippen LogP contribution is -2.25. The minimum Gasteiger partial charge on any atom is -0.351 e. The van der Waals surface area contributed by atoms with Gasteiger partial charge in [0.1, 0.15) is 21.5 Å². The van der Waals surface area contributed by atoms with Gasteiger partial charge in [0.25, 0.3) is 5.91 Å². The van der Waals surface area contributed by atoms with Gasteiger partial charge in [-0.05, 0) is 43.2 Å². The Balaban J connectivity index is 1.67. The van der Waals surface area contributed by atoms with Gasteiger partial charge in [0.15, 0.2) is 0 Å². The van der Waals surface area contributed by atoms with Crippen molar-refractivity contribution < 1.29 is 22.0 Å². The molecular weight excluding hydrogens is 420 g/mol. The van der Waals surface area contributed by atoms with Gasteiger partial charge in [-0.25, -0.2) is 27.3 Å². The van der Waals surface area contributed by atoms with Gasteiger partial charge in [-0.2, -0.15) is 0 Å². The van der Waals surface area contributed by atoms with Crippen LogP contribution in [0.25, 0.3) is 10.6 Å². The van der Waals surface area contributed by atoms with Crippen molar-refractivity contribution in [2.75, 3.05) is 6.54 Å². The van der Waals surface area contributed by atoms with E-state index in [4.69, 9.17) is 5.14 Å². The van der Waals surface area contributed by atoms with Gasteiger partial charge in [0.2, 0.25) is 10.0 Å². The standard InChI is InChI=1S/C19H17F2N3O3S2/c1-11-17(28-19(24-11)16-14(20)3-2-4-15(16)21)18(25)23-10-9-12-5-7-13(8-6-12)29(22,26)27/h2-8H,9-10H2,1H3,(H,23,25)(H2,22,26,27). The maximum absolute atomic E-state index is 14.0. The number of nitrogens with zero attached hydrogens (tertiary/aromatic N) is 1. The van der Waals surface area contributed by atoms with Crippen LogP contribution >= 0.6 is 11.3 Å². The lowest BCUT2D eigenvalue weighted by atomic mass is 10.1. The molecule has 0 bridgehead atoms. The molecule has 0 aliphatic heterocycles. The normalized spacial score (nSPS) is 11.4. The van der Waals surface area contributed by atoms with Crippen molar-refractivity contribution >= 4 is 27.3 Å². The van der Waals surface area contributed by atoms with E-state index in [0.29, 0.717) is 12.1 Å². The molecule has 3 N–H and O–H groups in total. The van der Waals surface area contributed by atoms with E-state index >= 15 is 0 Å². The summed E-state index contributed by atoms with van der Waals surface area (Å²) < 4.78 is 50.4. The number of aryl methyl sites for hydroxylation is 1. The summed E-state index contributed by atoms with van der Waals surface area (Å²) >= 11 is 0.916. The molecule has 1 amide bonds. The van der Waals surface area contributed by atoms with Crippen molar-refractivity contribution in [3.63, 3.8) is 0 Å². The molecule has 6 nitrogen and oxygen atoms in total. The summed E-state index contributed by atoms with van der Waals surface area (Å²) in [6.45, 7) is 1.88. The average Bonchev–Trinajstić information content (AvgIpc) is 3.02. The molecule has 0 saturated heterocycles. The number of benzene rings is 2. The molecule has 152 valence electrons. The minimum atomic E-state index is -3.75. The number of sulfonamides is 1. The summed E-state index contributed by atoms with van der Waals surface area (Å²) in [6.07, 6.45) is 0.462. The highest BCUT2D eigenvalue weighted by Gasteiger charge is 2.20. The number of rotatable bonds is 6. The maximum Gasteiger partial charge on any atom is 0.263 e. The van der Waals surface area contributed by atoms with E-state index in [1.165, 1.54) is 18.2 Å². The van der Waals surface area contributed by atoms with E-state index in [2.05, 4.69) is 10.3 Å². The van der Waals surface area contributed by atoms with E-state index < -0.39 is 27.6 Å². The second-order valence-corrected chi connectivity index (χ2v) is 8.79. The largest absolute Gasteiger partial charge is 0.351 e. The number of aromatic nitrogens is 1. The van der Waals surface area contributed by atoms with E-state index in [1.54, 1.807) is 19.1 Å². The number of carbonyl (C=O) groups is 1. The Labute approximate surface area is 170 Å². The van der Waals surface area contributed by atoms with Gasteiger partial charge in [-0.3, -0.25) is 4.79 Å². The fraction of sp³-hybridized carbons (Fsp3) is 0.158. The van der Waals surface area contributed by atoms with Gasteiger partial charge in [-0.1, -0.05) is 18.2 Å². The van der Waals surface area contributed by atoms with Crippen LogP contribution in [-0.4, -0.2) is 25.9 Å². The third kappa shape index (κ3) is 4.84. The highest BCUT2D eigenvalue weighted by molar-refractivity contribution is 7.89. The third-order valence-corrected chi connectivity index (χ3v) is 6.23. The van der Waals surface area contributed by atoms with Gasteiger partial charge >= 0.3 is 0 Å². The first-order valence-corrected chi connectivity index (χ1v) is 10.8. The first-order valence-electron chi connectivity index (χ1n) is 8.48. The lowest BCUT2D eigenvalue weighted by molar-refractivity contribution is 0.0957. The first-order chi connectivity index (χ1) is 13.7. The fourth-order valence-electron chi connectivity index (χ4n) is 2.66. The molecule has 0 atom stereocenters. The predicted octanol–water partition coefficient (Wildman–Crippen LogP) is 3.02. The van der Waals surface area contributed by atoms with E-state index in [0.717, 1.165) is 29.0 Å². The smallest absolute Gasteiger partial charge is 0.263 e. The Hall–Kier alpha value is -2.69. The van der Waals surface area contributed by atoms with E-state index in [9.17, 15) is 22.0 Å². The summed E-state index contributed by atoms with van der Waals surface area (Å²) in [5.41, 5.74) is 0.935. The van der Waals surface area contributed by atoms with E-state index in [1.807, 2.05) is 0 Å². The molecule has 3 aromatic rings. The van der Waals surface area contributed by atoms with Crippen molar-refractivity contribution in [2.24, 2.45) is 5.14 Å². The van der Waals surface area contributed by atoms with Crippen LogP contribution in [0, 0.1) is 18.6 Å². The summed E-state index contributed by atoms with van der Waals surface area (Å²) in [5, 5.41) is 7.88. The monoisotopic (exact) mass is 437 g/mol. The lowest BCUT2D eigenvalue weighted by Gasteiger charge is -2.05. The molecule has 0 aliphatic rings. The fourth-order valence-corrected chi connectivity index (χ4v) is 4.21. The van der Waals surface area contributed by atoms with Gasteiger partial charge in [0.05, 0.1) is 16.2 Å². The van der Waals surface area contributed by atoms with Gasteiger partial charge in [-0.15, -0.1) is 11.3 Å². The molecule has 1 heterocycles. The SMILES string of the molecule is Cc1nc(-c2c(F)cccc2F)sc1C(=O)NCCc1ccc(S(N)(=O)=O)cc1. The van der Waals surface area contributed by atoms with Crippen molar-refractivity contribution in [2.45, 2.75) is 18.2 Å². The van der Waals surface area contributed by atoms with Crippen molar-refractivity contribution in [1.82, 2.24) is 10.3 Å². The number of hydrogen-bond acceptors (Lipinski definition) is 5. The van der Waals surface area contributed by atoms with Crippen molar-refractivity contribution in [3.05, 3.63) is 70.2 Å². The zero-order valence-electron chi connectivity index (χ0n) is 15.3. The molecule has 0 fully saturated rings. The summed E-state index contributed by atoms with van der Waals surface area (Å²) in [5.74, 6) is -1.88. The van der Waals surface area contributed by atoms with Gasteiger partial charge < -0.3 is 5.32 Å². The zero-order valence-corrected chi connectivity index (χ0v) is 16.9. The van der Waals surface area contributed by atoms with Crippen LogP contribution in [-0.2, 0) is 16.4 Å². The molecule has 1 aromatic heterocycles. The van der Waals surface area contributed by atoms with E-state index in [-0.39, 0.29) is 26.9 Å². The minimum absolute atomic E-state index is 0.0125. The molecule has 0 radical (unpaired) electrons. The highest BCUT2D eigenvalue weighted by atomic mass is 32.2. The Kier molecular flexibility index (Phi) is 6.06. The van der Waals surface area contributed by atoms with Crippen LogP contribution in [0.4, 0.5) is 8.78 Å². The number of amides is 1. The Morgan fingerprint density at radius 2 is 1.76 bits per heavy atom. The Morgan fingerprint density at radius 1 is 1.14 bits per heavy atom. The van der Waals surface area contributed by atoms with Crippen LogP contribution in [0.3, 0.4) is 0 Å². The molecule has 0 spiro atoms. The molecule has 3 rings (SSSR count). The number of primary sulfonamides is 1. The summed E-state index contributed by atoms with van der Waals surface area (Å²) in [7, 11) is -3.75. The topological polar surface area (TPSA) is 102 Å². The van der Waals surface area contributed by atoms with Crippen LogP contribution in [0.2, 0.25) is 0 Å². The zero-order chi connectivity index (χ0) is 21.2. The number of thiazole rings is 1. The maximum atomic E-state index is 14.0. The quantitative estimate of drug-likeness (QED) is 0.619. The molecule has 0 saturated carbocycles. The van der Waals surface area contributed by atoms with Crippen LogP contribution in [0.15, 0.2) is 47.4 Å². The van der Waals surface area contributed by atoms with Crippen molar-refractivity contribution in [1.29, 1.82) is 0 Å². The molecule has 0 aliphatic carbocycles. The molecule has 29 heavy (non-hydrogen) atoms. The number of halogens is 2. The number of nitrogens with one attached hydrogen (secondary N) is 1. The summed E-state index contributed by atoms with van der Waals surface area (Å²) in [4.78, 5) is 16.8. The van der Waals surface area contributed by atoms with Crippen LogP contribution in [0.1, 0.15) is 20.9 Å². The second kappa shape index (κ2) is 8.36. The average molecular weight is 437 g/mol. The van der Waals surface area contributed by atoms with Crippen molar-refractivity contribution in [3.8, 4) is 10.6 Å². The molecule has 0 unspecified atom stereocenters.